The Morgan fingerprint density at radius 2 is 1.22 bits per heavy atom. The smallest absolute Gasteiger partial charge is 0.0418 e. The first-order valence-electron chi connectivity index (χ1n) is 7.65. The molecule has 0 N–H and O–H groups in total. The van der Waals surface area contributed by atoms with Crippen LogP contribution >= 0.6 is 11.6 Å². The van der Waals surface area contributed by atoms with Crippen LogP contribution in [-0.4, -0.2) is 0 Å². The van der Waals surface area contributed by atoms with Crippen molar-refractivity contribution < 1.29 is 0 Å². The van der Waals surface area contributed by atoms with E-state index in [1.807, 2.05) is 30.3 Å². The lowest BCUT2D eigenvalue weighted by atomic mass is 9.95. The van der Waals surface area contributed by atoms with E-state index in [2.05, 4.69) is 60.7 Å². The van der Waals surface area contributed by atoms with Gasteiger partial charge in [-0.2, -0.15) is 0 Å². The number of halogens is 1. The molecule has 0 saturated carbocycles. The third-order valence-electron chi connectivity index (χ3n) is 4.11. The maximum absolute atomic E-state index is 6.40. The first kappa shape index (κ1) is 14.0. The maximum Gasteiger partial charge on any atom is 0.0418 e. The van der Waals surface area contributed by atoms with E-state index in [1.165, 1.54) is 21.9 Å². The van der Waals surface area contributed by atoms with Crippen LogP contribution in [0, 0.1) is 0 Å². The van der Waals surface area contributed by atoms with Gasteiger partial charge in [0.25, 0.3) is 0 Å². The minimum Gasteiger partial charge on any atom is -0.0843 e. The van der Waals surface area contributed by atoms with Crippen LogP contribution < -0.4 is 0 Å². The maximum atomic E-state index is 6.40. The summed E-state index contributed by atoms with van der Waals surface area (Å²) in [4.78, 5) is 0. The fraction of sp³-hybridized carbons (Fsp3) is 0. The molecule has 110 valence electrons. The number of hydrogen-bond acceptors (Lipinski definition) is 0. The lowest BCUT2D eigenvalue weighted by molar-refractivity contribution is 1.60. The van der Waals surface area contributed by atoms with Crippen molar-refractivity contribution in [2.24, 2.45) is 0 Å². The van der Waals surface area contributed by atoms with Gasteiger partial charge in [-0.15, -0.1) is 0 Å². The van der Waals surface area contributed by atoms with Crippen molar-refractivity contribution in [2.45, 2.75) is 0 Å². The fourth-order valence-electron chi connectivity index (χ4n) is 3.02. The highest BCUT2D eigenvalue weighted by atomic mass is 35.5. The van der Waals surface area contributed by atoms with E-state index in [0.717, 1.165) is 16.1 Å². The number of fused-ring (bicyclic) bond motifs is 1. The molecule has 0 aliphatic carbocycles. The normalized spacial score (nSPS) is 10.8. The minimum atomic E-state index is 0.759. The predicted octanol–water partition coefficient (Wildman–Crippen LogP) is 6.83. The fourth-order valence-corrected chi connectivity index (χ4v) is 3.25. The molecule has 0 fully saturated rings. The highest BCUT2D eigenvalue weighted by Crippen LogP contribution is 2.34. The molecule has 1 heteroatoms. The second-order valence-corrected chi connectivity index (χ2v) is 6.06. The summed E-state index contributed by atoms with van der Waals surface area (Å²) in [6.45, 7) is 0. The molecule has 0 amide bonds. The van der Waals surface area contributed by atoms with Crippen LogP contribution in [0.4, 0.5) is 0 Å². The lowest BCUT2D eigenvalue weighted by Gasteiger charge is -2.10. The van der Waals surface area contributed by atoms with Gasteiger partial charge in [0.2, 0.25) is 0 Å². The summed E-state index contributed by atoms with van der Waals surface area (Å²) in [5.41, 5.74) is 4.67. The number of hydrogen-bond donors (Lipinski definition) is 0. The summed E-state index contributed by atoms with van der Waals surface area (Å²) in [6.07, 6.45) is 0. The highest BCUT2D eigenvalue weighted by Gasteiger charge is 2.07. The molecular weight excluding hydrogens is 300 g/mol. The van der Waals surface area contributed by atoms with E-state index >= 15 is 0 Å². The van der Waals surface area contributed by atoms with Crippen LogP contribution in [0.15, 0.2) is 91.0 Å². The largest absolute Gasteiger partial charge is 0.0843 e. The molecule has 0 aromatic heterocycles. The molecule has 4 rings (SSSR count). The van der Waals surface area contributed by atoms with Crippen molar-refractivity contribution in [1.29, 1.82) is 0 Å². The van der Waals surface area contributed by atoms with E-state index < -0.39 is 0 Å². The van der Waals surface area contributed by atoms with Crippen LogP contribution in [0.1, 0.15) is 0 Å². The summed E-state index contributed by atoms with van der Waals surface area (Å²) >= 11 is 6.40. The number of benzene rings is 4. The van der Waals surface area contributed by atoms with Crippen LogP contribution in [0.5, 0.6) is 0 Å². The van der Waals surface area contributed by atoms with Crippen LogP contribution in [0.3, 0.4) is 0 Å². The molecule has 0 bridgehead atoms. The molecule has 0 saturated heterocycles. The highest BCUT2D eigenvalue weighted by molar-refractivity contribution is 6.31. The average Bonchev–Trinajstić information content (AvgIpc) is 2.61. The van der Waals surface area contributed by atoms with Crippen LogP contribution in [0.2, 0.25) is 5.02 Å². The summed E-state index contributed by atoms with van der Waals surface area (Å²) in [6, 6.07) is 31.5. The third kappa shape index (κ3) is 2.74. The Balaban J connectivity index is 1.94. The molecule has 0 atom stereocenters. The monoisotopic (exact) mass is 314 g/mol. The summed E-state index contributed by atoms with van der Waals surface area (Å²) in [5.74, 6) is 0. The zero-order valence-corrected chi connectivity index (χ0v) is 13.3. The van der Waals surface area contributed by atoms with Gasteiger partial charge in [-0.25, -0.2) is 0 Å². The molecule has 0 aliphatic heterocycles. The Hall–Kier alpha value is -2.57. The number of rotatable bonds is 2. The van der Waals surface area contributed by atoms with E-state index in [9.17, 15) is 0 Å². The second-order valence-electron chi connectivity index (χ2n) is 5.62. The van der Waals surface area contributed by atoms with Gasteiger partial charge in [0.05, 0.1) is 0 Å². The van der Waals surface area contributed by atoms with Crippen molar-refractivity contribution in [2.75, 3.05) is 0 Å². The summed E-state index contributed by atoms with van der Waals surface area (Å²) in [7, 11) is 0. The Morgan fingerprint density at radius 1 is 0.522 bits per heavy atom. The quantitative estimate of drug-likeness (QED) is 0.380. The van der Waals surface area contributed by atoms with Gasteiger partial charge in [-0.3, -0.25) is 0 Å². The Bertz CT molecular complexity index is 966. The first-order valence-corrected chi connectivity index (χ1v) is 8.03. The molecule has 4 aromatic rings. The molecule has 0 heterocycles. The second kappa shape index (κ2) is 5.91. The van der Waals surface area contributed by atoms with Crippen molar-refractivity contribution in [3.8, 4) is 22.3 Å². The molecule has 4 aromatic carbocycles. The van der Waals surface area contributed by atoms with Crippen molar-refractivity contribution in [3.05, 3.63) is 96.0 Å². The minimum absolute atomic E-state index is 0.759. The molecule has 0 unspecified atom stereocenters. The van der Waals surface area contributed by atoms with Crippen molar-refractivity contribution >= 4 is 22.4 Å². The van der Waals surface area contributed by atoms with E-state index in [4.69, 9.17) is 11.6 Å². The van der Waals surface area contributed by atoms with Gasteiger partial charge in [0, 0.05) is 5.02 Å². The first-order chi connectivity index (χ1) is 11.3. The van der Waals surface area contributed by atoms with Crippen LogP contribution in [-0.2, 0) is 0 Å². The predicted molar refractivity (Wildman–Crippen MR) is 99.8 cm³/mol. The van der Waals surface area contributed by atoms with E-state index in [1.54, 1.807) is 0 Å². The summed E-state index contributed by atoms with van der Waals surface area (Å²) in [5, 5.41) is 3.25. The average molecular weight is 315 g/mol. The molecule has 0 spiro atoms. The van der Waals surface area contributed by atoms with E-state index in [0.29, 0.717) is 0 Å². The Labute approximate surface area is 141 Å². The van der Waals surface area contributed by atoms with Gasteiger partial charge in [0.15, 0.2) is 0 Å². The van der Waals surface area contributed by atoms with Crippen molar-refractivity contribution in [3.63, 3.8) is 0 Å². The molecule has 0 nitrogen and oxygen atoms in total. The van der Waals surface area contributed by atoms with Gasteiger partial charge in [-0.1, -0.05) is 84.4 Å². The SMILES string of the molecule is Clc1cc(-c2ccccc2)cc(-c2cccc3ccccc23)c1. The van der Waals surface area contributed by atoms with Crippen LogP contribution in [0.25, 0.3) is 33.0 Å². The van der Waals surface area contributed by atoms with Gasteiger partial charge in [0.1, 0.15) is 0 Å². The zero-order valence-electron chi connectivity index (χ0n) is 12.5. The summed E-state index contributed by atoms with van der Waals surface area (Å²) < 4.78 is 0. The molecular formula is C22H15Cl. The molecule has 23 heavy (non-hydrogen) atoms. The Kier molecular flexibility index (Phi) is 3.61. The van der Waals surface area contributed by atoms with Crippen molar-refractivity contribution in [1.82, 2.24) is 0 Å². The third-order valence-corrected chi connectivity index (χ3v) is 4.32. The molecule has 0 radical (unpaired) electrons. The van der Waals surface area contributed by atoms with Gasteiger partial charge < -0.3 is 0 Å². The van der Waals surface area contributed by atoms with Gasteiger partial charge >= 0.3 is 0 Å². The topological polar surface area (TPSA) is 0 Å². The van der Waals surface area contributed by atoms with Gasteiger partial charge in [-0.05, 0) is 51.2 Å². The Morgan fingerprint density at radius 3 is 2.09 bits per heavy atom. The standard InChI is InChI=1S/C22H15Cl/c23-20-14-18(16-7-2-1-3-8-16)13-19(15-20)22-12-6-10-17-9-4-5-11-21(17)22/h1-15H. The lowest BCUT2D eigenvalue weighted by Crippen LogP contribution is -1.84. The van der Waals surface area contributed by atoms with E-state index in [-0.39, 0.29) is 0 Å². The zero-order chi connectivity index (χ0) is 15.6. The molecule has 0 aliphatic rings.